The van der Waals surface area contributed by atoms with Crippen LogP contribution in [0.4, 0.5) is 5.69 Å². The molecule has 0 radical (unpaired) electrons. The first kappa shape index (κ1) is 13.6. The van der Waals surface area contributed by atoms with Gasteiger partial charge >= 0.3 is 0 Å². The number of hydrogen-bond donors (Lipinski definition) is 1. The van der Waals surface area contributed by atoms with Crippen molar-refractivity contribution in [2.45, 2.75) is 51.6 Å². The van der Waals surface area contributed by atoms with Gasteiger partial charge in [-0.1, -0.05) is 6.42 Å². The number of nitrogens with zero attached hydrogens (tertiary/aromatic N) is 1. The third-order valence-electron chi connectivity index (χ3n) is 4.84. The predicted molar refractivity (Wildman–Crippen MR) is 82.4 cm³/mol. The van der Waals surface area contributed by atoms with E-state index in [4.69, 9.17) is 0 Å². The fourth-order valence-electron chi connectivity index (χ4n) is 3.52. The van der Waals surface area contributed by atoms with E-state index in [0.717, 1.165) is 18.5 Å². The van der Waals surface area contributed by atoms with Crippen LogP contribution in [0.25, 0.3) is 0 Å². The fraction of sp³-hybridized carbons (Fsp3) is 0.588. The van der Waals surface area contributed by atoms with Crippen LogP contribution in [0.3, 0.4) is 0 Å². The molecule has 1 N–H and O–H groups in total. The molecule has 1 fully saturated rings. The highest BCUT2D eigenvalue weighted by molar-refractivity contribution is 5.98. The Hall–Kier alpha value is -1.35. The zero-order chi connectivity index (χ0) is 14.1. The second-order valence-corrected chi connectivity index (χ2v) is 6.27. The molecule has 0 saturated carbocycles. The minimum absolute atomic E-state index is 0.264. The summed E-state index contributed by atoms with van der Waals surface area (Å²) in [5.41, 5.74) is 3.36. The summed E-state index contributed by atoms with van der Waals surface area (Å²) in [5, 5.41) is 3.34. The number of hydrogen-bond acceptors (Lipinski definition) is 3. The van der Waals surface area contributed by atoms with Gasteiger partial charge in [0.2, 0.25) is 0 Å². The quantitative estimate of drug-likeness (QED) is 0.858. The normalized spacial score (nSPS) is 26.1. The predicted octanol–water partition coefficient (Wildman–Crippen LogP) is 3.10. The van der Waals surface area contributed by atoms with Crippen LogP contribution in [0.15, 0.2) is 18.2 Å². The Labute approximate surface area is 121 Å². The van der Waals surface area contributed by atoms with Crippen LogP contribution in [0.5, 0.6) is 0 Å². The van der Waals surface area contributed by atoms with Gasteiger partial charge in [0.05, 0.1) is 6.54 Å². The number of anilines is 1. The molecule has 2 unspecified atom stereocenters. The van der Waals surface area contributed by atoms with Gasteiger partial charge in [0.15, 0.2) is 5.78 Å². The maximum Gasteiger partial charge on any atom is 0.176 e. The summed E-state index contributed by atoms with van der Waals surface area (Å²) in [6.45, 7) is 6.05. The minimum atomic E-state index is 0.264. The van der Waals surface area contributed by atoms with Crippen LogP contribution >= 0.6 is 0 Å². The summed E-state index contributed by atoms with van der Waals surface area (Å²) in [6.07, 6.45) is 4.75. The van der Waals surface area contributed by atoms with Gasteiger partial charge in [-0.25, -0.2) is 0 Å². The zero-order valence-electron chi connectivity index (χ0n) is 12.5. The standard InChI is InChI=1S/C17H24N2O/c1-12-4-3-5-13(2)19(12)11-17(20)15-6-7-16-14(10-15)8-9-18-16/h6-7,10,12-13,18H,3-5,8-9,11H2,1-2H3. The van der Waals surface area contributed by atoms with E-state index < -0.39 is 0 Å². The fourth-order valence-corrected chi connectivity index (χ4v) is 3.52. The smallest absolute Gasteiger partial charge is 0.176 e. The molecule has 1 saturated heterocycles. The summed E-state index contributed by atoms with van der Waals surface area (Å²) in [4.78, 5) is 14.9. The van der Waals surface area contributed by atoms with E-state index in [0.29, 0.717) is 18.6 Å². The van der Waals surface area contributed by atoms with Crippen molar-refractivity contribution in [2.24, 2.45) is 0 Å². The number of fused-ring (bicyclic) bond motifs is 1. The average Bonchev–Trinajstić information content (AvgIpc) is 2.90. The molecule has 2 atom stereocenters. The van der Waals surface area contributed by atoms with Gasteiger partial charge in [0, 0.05) is 29.9 Å². The molecule has 2 heterocycles. The molecule has 2 aliphatic rings. The lowest BCUT2D eigenvalue weighted by Gasteiger charge is -2.38. The second-order valence-electron chi connectivity index (χ2n) is 6.27. The van der Waals surface area contributed by atoms with Crippen molar-refractivity contribution < 1.29 is 4.79 Å². The van der Waals surface area contributed by atoms with Crippen LogP contribution in [0.2, 0.25) is 0 Å². The van der Waals surface area contributed by atoms with Crippen LogP contribution in [-0.4, -0.2) is 35.9 Å². The maximum absolute atomic E-state index is 12.5. The SMILES string of the molecule is CC1CCCC(C)N1CC(=O)c1ccc2c(c1)CCN2. The monoisotopic (exact) mass is 272 g/mol. The topological polar surface area (TPSA) is 32.3 Å². The third kappa shape index (κ3) is 2.59. The number of Topliss-reactive ketones (excluding diaryl/α,β-unsaturated/α-hetero) is 1. The molecular weight excluding hydrogens is 248 g/mol. The van der Waals surface area contributed by atoms with Gasteiger partial charge in [0.1, 0.15) is 0 Å². The molecule has 0 amide bonds. The molecule has 1 aromatic carbocycles. The van der Waals surface area contributed by atoms with Gasteiger partial charge in [-0.2, -0.15) is 0 Å². The molecule has 1 aromatic rings. The highest BCUT2D eigenvalue weighted by atomic mass is 16.1. The van der Waals surface area contributed by atoms with Crippen molar-refractivity contribution in [3.05, 3.63) is 29.3 Å². The molecule has 108 valence electrons. The molecule has 0 aliphatic carbocycles. The van der Waals surface area contributed by atoms with Crippen LogP contribution < -0.4 is 5.32 Å². The number of nitrogens with one attached hydrogen (secondary N) is 1. The van der Waals surface area contributed by atoms with E-state index in [1.165, 1.54) is 30.5 Å². The van der Waals surface area contributed by atoms with Crippen molar-refractivity contribution in [1.29, 1.82) is 0 Å². The highest BCUT2D eigenvalue weighted by Gasteiger charge is 2.26. The lowest BCUT2D eigenvalue weighted by atomic mass is 9.96. The Morgan fingerprint density at radius 2 is 2.05 bits per heavy atom. The largest absolute Gasteiger partial charge is 0.384 e. The summed E-state index contributed by atoms with van der Waals surface area (Å²) in [5.74, 6) is 0.264. The van der Waals surface area contributed by atoms with Crippen LogP contribution in [-0.2, 0) is 6.42 Å². The van der Waals surface area contributed by atoms with E-state index in [2.05, 4.69) is 36.2 Å². The van der Waals surface area contributed by atoms with E-state index in [1.807, 2.05) is 6.07 Å². The van der Waals surface area contributed by atoms with Crippen molar-refractivity contribution in [3.8, 4) is 0 Å². The van der Waals surface area contributed by atoms with Gasteiger partial charge in [-0.3, -0.25) is 9.69 Å². The molecule has 3 nitrogen and oxygen atoms in total. The van der Waals surface area contributed by atoms with Crippen LogP contribution in [0.1, 0.15) is 49.0 Å². The van der Waals surface area contributed by atoms with E-state index in [9.17, 15) is 4.79 Å². The molecule has 0 bridgehead atoms. The van der Waals surface area contributed by atoms with Crippen LogP contribution in [0, 0.1) is 0 Å². The third-order valence-corrected chi connectivity index (χ3v) is 4.84. The lowest BCUT2D eigenvalue weighted by Crippen LogP contribution is -2.46. The number of rotatable bonds is 3. The average molecular weight is 272 g/mol. The Morgan fingerprint density at radius 3 is 2.80 bits per heavy atom. The Balaban J connectivity index is 1.72. The molecular formula is C17H24N2O. The van der Waals surface area contributed by atoms with Crippen molar-refractivity contribution in [1.82, 2.24) is 4.90 Å². The van der Waals surface area contributed by atoms with Crippen molar-refractivity contribution in [2.75, 3.05) is 18.4 Å². The number of piperidine rings is 1. The minimum Gasteiger partial charge on any atom is -0.384 e. The summed E-state index contributed by atoms with van der Waals surface area (Å²) < 4.78 is 0. The molecule has 2 aliphatic heterocycles. The highest BCUT2D eigenvalue weighted by Crippen LogP contribution is 2.25. The Morgan fingerprint density at radius 1 is 1.30 bits per heavy atom. The van der Waals surface area contributed by atoms with Crippen molar-refractivity contribution >= 4 is 11.5 Å². The van der Waals surface area contributed by atoms with Gasteiger partial charge in [0.25, 0.3) is 0 Å². The molecule has 0 aromatic heterocycles. The lowest BCUT2D eigenvalue weighted by molar-refractivity contribution is 0.0734. The number of carbonyl (C=O) groups excluding carboxylic acids is 1. The number of benzene rings is 1. The molecule has 3 heteroatoms. The Kier molecular flexibility index (Phi) is 3.79. The van der Waals surface area contributed by atoms with Gasteiger partial charge in [-0.15, -0.1) is 0 Å². The first-order valence-corrected chi connectivity index (χ1v) is 7.81. The number of ketones is 1. The molecule has 3 rings (SSSR count). The maximum atomic E-state index is 12.5. The second kappa shape index (κ2) is 5.57. The van der Waals surface area contributed by atoms with E-state index in [-0.39, 0.29) is 5.78 Å². The Bertz CT molecular complexity index is 502. The van der Waals surface area contributed by atoms with Crippen molar-refractivity contribution in [3.63, 3.8) is 0 Å². The number of likely N-dealkylation sites (tertiary alicyclic amines) is 1. The first-order valence-electron chi connectivity index (χ1n) is 7.81. The summed E-state index contributed by atoms with van der Waals surface area (Å²) in [7, 11) is 0. The number of carbonyl (C=O) groups is 1. The van der Waals surface area contributed by atoms with E-state index in [1.54, 1.807) is 0 Å². The summed E-state index contributed by atoms with van der Waals surface area (Å²) >= 11 is 0. The van der Waals surface area contributed by atoms with Gasteiger partial charge in [-0.05, 0) is 56.9 Å². The van der Waals surface area contributed by atoms with E-state index >= 15 is 0 Å². The molecule has 0 spiro atoms. The summed E-state index contributed by atoms with van der Waals surface area (Å²) in [6, 6.07) is 7.16. The molecule has 20 heavy (non-hydrogen) atoms. The zero-order valence-corrected chi connectivity index (χ0v) is 12.5. The van der Waals surface area contributed by atoms with Gasteiger partial charge < -0.3 is 5.32 Å². The first-order chi connectivity index (χ1) is 9.65.